The van der Waals surface area contributed by atoms with Gasteiger partial charge in [-0.25, -0.2) is 4.98 Å². The van der Waals surface area contributed by atoms with Crippen LogP contribution in [0, 0.1) is 13.8 Å². The highest BCUT2D eigenvalue weighted by atomic mass is 32.1. The average molecular weight is 415 g/mol. The Labute approximate surface area is 174 Å². The number of ether oxygens (including phenoxy) is 1. The highest BCUT2D eigenvalue weighted by Gasteiger charge is 2.22. The topological polar surface area (TPSA) is 42.4 Å². The minimum absolute atomic E-state index is 0.0744. The van der Waals surface area contributed by atoms with Crippen molar-refractivity contribution in [1.29, 1.82) is 0 Å². The number of carbonyl (C=O) groups excluding carboxylic acids is 1. The maximum atomic E-state index is 12.9. The molecule has 6 heteroatoms. The van der Waals surface area contributed by atoms with Crippen LogP contribution in [0.1, 0.15) is 51.8 Å². The molecule has 2 heterocycles. The number of aromatic nitrogens is 1. The Hall–Kier alpha value is -2.18. The molecule has 0 fully saturated rings. The Kier molecular flexibility index (Phi) is 6.86. The first kappa shape index (κ1) is 20.6. The predicted octanol–water partition coefficient (Wildman–Crippen LogP) is 5.84. The molecule has 0 aliphatic heterocycles. The zero-order valence-corrected chi connectivity index (χ0v) is 18.4. The quantitative estimate of drug-likeness (QED) is 0.465. The maximum Gasteiger partial charge on any atom is 0.264 e. The summed E-state index contributed by atoms with van der Waals surface area (Å²) in [7, 11) is 0. The van der Waals surface area contributed by atoms with Crippen molar-refractivity contribution >= 4 is 28.6 Å². The van der Waals surface area contributed by atoms with E-state index in [1.54, 1.807) is 11.3 Å². The summed E-state index contributed by atoms with van der Waals surface area (Å²) in [5.41, 5.74) is 3.28. The van der Waals surface area contributed by atoms with E-state index in [0.717, 1.165) is 27.7 Å². The van der Waals surface area contributed by atoms with E-state index in [0.29, 0.717) is 13.2 Å². The number of amides is 1. The molecule has 1 amide bonds. The van der Waals surface area contributed by atoms with Crippen molar-refractivity contribution in [2.75, 3.05) is 0 Å². The SMILES string of the molecule is CC[C@H](C)N(Cc1csc(COc2cc(C)cc(C)c2)n1)C(=O)c1cccs1. The number of carbonyl (C=O) groups is 1. The number of nitrogens with zero attached hydrogens (tertiary/aromatic N) is 2. The number of thiophene rings is 1. The van der Waals surface area contributed by atoms with Crippen LogP contribution in [-0.4, -0.2) is 21.8 Å². The number of rotatable bonds is 8. The van der Waals surface area contributed by atoms with Crippen molar-refractivity contribution in [3.05, 3.63) is 67.8 Å². The molecule has 0 N–H and O–H groups in total. The Balaban J connectivity index is 1.66. The van der Waals surface area contributed by atoms with E-state index in [-0.39, 0.29) is 11.9 Å². The van der Waals surface area contributed by atoms with Crippen molar-refractivity contribution in [2.45, 2.75) is 53.3 Å². The van der Waals surface area contributed by atoms with Gasteiger partial charge in [-0.05, 0) is 61.9 Å². The molecule has 148 valence electrons. The van der Waals surface area contributed by atoms with Gasteiger partial charge in [0.15, 0.2) is 0 Å². The molecule has 0 aliphatic carbocycles. The van der Waals surface area contributed by atoms with Crippen LogP contribution in [0.3, 0.4) is 0 Å². The van der Waals surface area contributed by atoms with E-state index in [1.807, 2.05) is 39.9 Å². The number of benzene rings is 1. The van der Waals surface area contributed by atoms with Crippen LogP contribution in [0.4, 0.5) is 0 Å². The second-order valence-corrected chi connectivity index (χ2v) is 8.90. The van der Waals surface area contributed by atoms with Crippen molar-refractivity contribution in [2.24, 2.45) is 0 Å². The van der Waals surface area contributed by atoms with E-state index in [2.05, 4.69) is 33.8 Å². The predicted molar refractivity (Wildman–Crippen MR) is 116 cm³/mol. The van der Waals surface area contributed by atoms with Gasteiger partial charge >= 0.3 is 0 Å². The highest BCUT2D eigenvalue weighted by molar-refractivity contribution is 7.12. The minimum Gasteiger partial charge on any atom is -0.486 e. The Morgan fingerprint density at radius 3 is 2.61 bits per heavy atom. The fourth-order valence-corrected chi connectivity index (χ4v) is 4.39. The first-order valence-corrected chi connectivity index (χ1v) is 11.2. The monoisotopic (exact) mass is 414 g/mol. The smallest absolute Gasteiger partial charge is 0.264 e. The van der Waals surface area contributed by atoms with Crippen LogP contribution in [0.15, 0.2) is 41.1 Å². The van der Waals surface area contributed by atoms with Gasteiger partial charge < -0.3 is 9.64 Å². The number of thiazole rings is 1. The molecule has 0 aliphatic rings. The Morgan fingerprint density at radius 2 is 1.96 bits per heavy atom. The molecule has 1 aromatic carbocycles. The fourth-order valence-electron chi connectivity index (χ4n) is 3.01. The normalized spacial score (nSPS) is 12.0. The van der Waals surface area contributed by atoms with Crippen molar-refractivity contribution in [1.82, 2.24) is 9.88 Å². The zero-order chi connectivity index (χ0) is 20.1. The van der Waals surface area contributed by atoms with Gasteiger partial charge in [-0.3, -0.25) is 4.79 Å². The number of hydrogen-bond acceptors (Lipinski definition) is 5. The van der Waals surface area contributed by atoms with Crippen LogP contribution in [0.25, 0.3) is 0 Å². The second kappa shape index (κ2) is 9.34. The summed E-state index contributed by atoms with van der Waals surface area (Å²) in [6.07, 6.45) is 0.907. The van der Waals surface area contributed by atoms with Crippen LogP contribution < -0.4 is 4.74 Å². The molecule has 1 atom stereocenters. The van der Waals surface area contributed by atoms with E-state index in [1.165, 1.54) is 22.5 Å². The zero-order valence-electron chi connectivity index (χ0n) is 16.8. The number of hydrogen-bond donors (Lipinski definition) is 0. The third kappa shape index (κ3) is 5.20. The molecule has 0 saturated heterocycles. The molecule has 28 heavy (non-hydrogen) atoms. The van der Waals surface area contributed by atoms with Crippen LogP contribution in [0.2, 0.25) is 0 Å². The van der Waals surface area contributed by atoms with Gasteiger partial charge in [0.25, 0.3) is 5.91 Å². The highest BCUT2D eigenvalue weighted by Crippen LogP contribution is 2.21. The van der Waals surface area contributed by atoms with Gasteiger partial charge in [-0.15, -0.1) is 22.7 Å². The maximum absolute atomic E-state index is 12.9. The molecular formula is C22H26N2O2S2. The van der Waals surface area contributed by atoms with E-state index in [9.17, 15) is 4.79 Å². The first-order chi connectivity index (χ1) is 13.5. The lowest BCUT2D eigenvalue weighted by molar-refractivity contribution is 0.0674. The van der Waals surface area contributed by atoms with Gasteiger partial charge in [-0.1, -0.05) is 19.1 Å². The number of aryl methyl sites for hydroxylation is 2. The molecule has 3 rings (SSSR count). The minimum atomic E-state index is 0.0744. The standard InChI is InChI=1S/C22H26N2O2S2/c1-5-17(4)24(22(25)20-7-6-8-27-20)12-18-14-28-21(23-18)13-26-19-10-15(2)9-16(3)11-19/h6-11,14,17H,5,12-13H2,1-4H3/t17-/m0/s1. The van der Waals surface area contributed by atoms with Gasteiger partial charge in [-0.2, -0.15) is 0 Å². The molecule has 0 saturated carbocycles. The van der Waals surface area contributed by atoms with Gasteiger partial charge in [0.1, 0.15) is 17.4 Å². The van der Waals surface area contributed by atoms with Gasteiger partial charge in [0, 0.05) is 11.4 Å². The molecule has 0 bridgehead atoms. The van der Waals surface area contributed by atoms with Crippen molar-refractivity contribution in [3.8, 4) is 5.75 Å². The summed E-state index contributed by atoms with van der Waals surface area (Å²) in [6.45, 7) is 9.28. The molecule has 0 radical (unpaired) electrons. The van der Waals surface area contributed by atoms with E-state index < -0.39 is 0 Å². The van der Waals surface area contributed by atoms with Crippen LogP contribution >= 0.6 is 22.7 Å². The lowest BCUT2D eigenvalue weighted by Gasteiger charge is -2.27. The van der Waals surface area contributed by atoms with E-state index >= 15 is 0 Å². The molecule has 4 nitrogen and oxygen atoms in total. The van der Waals surface area contributed by atoms with Crippen LogP contribution in [-0.2, 0) is 13.2 Å². The third-order valence-corrected chi connectivity index (χ3v) is 6.33. The summed E-state index contributed by atoms with van der Waals surface area (Å²) in [5, 5.41) is 4.88. The second-order valence-electron chi connectivity index (χ2n) is 7.01. The first-order valence-electron chi connectivity index (χ1n) is 9.45. The molecule has 2 aromatic heterocycles. The fraction of sp³-hybridized carbons (Fsp3) is 0.364. The summed E-state index contributed by atoms with van der Waals surface area (Å²) in [5.74, 6) is 0.939. The summed E-state index contributed by atoms with van der Waals surface area (Å²) < 4.78 is 5.92. The van der Waals surface area contributed by atoms with Gasteiger partial charge in [0.2, 0.25) is 0 Å². The molecule has 0 spiro atoms. The van der Waals surface area contributed by atoms with Crippen molar-refractivity contribution < 1.29 is 9.53 Å². The third-order valence-electron chi connectivity index (χ3n) is 4.60. The summed E-state index contributed by atoms with van der Waals surface area (Å²) >= 11 is 3.06. The van der Waals surface area contributed by atoms with Crippen molar-refractivity contribution in [3.63, 3.8) is 0 Å². The lowest BCUT2D eigenvalue weighted by atomic mass is 10.1. The summed E-state index contributed by atoms with van der Waals surface area (Å²) in [4.78, 5) is 20.3. The van der Waals surface area contributed by atoms with Crippen LogP contribution in [0.5, 0.6) is 5.75 Å². The molecule has 3 aromatic rings. The Bertz CT molecular complexity index is 898. The Morgan fingerprint density at radius 1 is 1.21 bits per heavy atom. The summed E-state index contributed by atoms with van der Waals surface area (Å²) in [6, 6.07) is 10.1. The lowest BCUT2D eigenvalue weighted by Crippen LogP contribution is -2.37. The van der Waals surface area contributed by atoms with Gasteiger partial charge in [0.05, 0.1) is 17.1 Å². The largest absolute Gasteiger partial charge is 0.486 e. The average Bonchev–Trinajstić information content (AvgIpc) is 3.34. The van der Waals surface area contributed by atoms with E-state index in [4.69, 9.17) is 9.72 Å². The molecule has 0 unspecified atom stereocenters. The molecular weight excluding hydrogens is 388 g/mol.